The highest BCUT2D eigenvalue weighted by atomic mass is 32.1. The van der Waals surface area contributed by atoms with E-state index < -0.39 is 12.0 Å². The minimum atomic E-state index is -0.902. The molecule has 2 aromatic heterocycles. The van der Waals surface area contributed by atoms with Crippen molar-refractivity contribution in [3.63, 3.8) is 0 Å². The SMILES string of the molecule is O=C(N[C@@H]1CN[C@H](C(=O)O)C1)c1cnc(-c2cccs2)nc1. The molecule has 0 aliphatic carbocycles. The third-order valence-corrected chi connectivity index (χ3v) is 4.29. The van der Waals surface area contributed by atoms with Crippen molar-refractivity contribution in [1.29, 1.82) is 0 Å². The molecular formula is C14H14N4O3S. The molecule has 3 N–H and O–H groups in total. The van der Waals surface area contributed by atoms with E-state index in [1.165, 1.54) is 23.7 Å². The first-order valence-corrected chi connectivity index (χ1v) is 7.64. The molecule has 3 heterocycles. The zero-order valence-corrected chi connectivity index (χ0v) is 12.3. The van der Waals surface area contributed by atoms with Crippen molar-refractivity contribution in [3.8, 4) is 10.7 Å². The Balaban J connectivity index is 1.62. The van der Waals surface area contributed by atoms with Crippen LogP contribution in [-0.4, -0.2) is 45.6 Å². The molecule has 1 aliphatic heterocycles. The van der Waals surface area contributed by atoms with Crippen LogP contribution in [0, 0.1) is 0 Å². The summed E-state index contributed by atoms with van der Waals surface area (Å²) in [5.74, 6) is -0.615. The van der Waals surface area contributed by atoms with E-state index in [2.05, 4.69) is 20.6 Å². The first-order chi connectivity index (χ1) is 10.6. The zero-order chi connectivity index (χ0) is 15.5. The predicted octanol–water partition coefficient (Wildman–Crippen LogP) is 0.750. The van der Waals surface area contributed by atoms with Gasteiger partial charge in [-0.15, -0.1) is 11.3 Å². The molecule has 0 unspecified atom stereocenters. The number of carbonyl (C=O) groups is 2. The van der Waals surface area contributed by atoms with Crippen LogP contribution >= 0.6 is 11.3 Å². The van der Waals surface area contributed by atoms with Gasteiger partial charge in [-0.25, -0.2) is 9.97 Å². The van der Waals surface area contributed by atoms with Crippen molar-refractivity contribution in [1.82, 2.24) is 20.6 Å². The van der Waals surface area contributed by atoms with Crippen molar-refractivity contribution in [2.24, 2.45) is 0 Å². The van der Waals surface area contributed by atoms with Crippen LogP contribution in [0.5, 0.6) is 0 Å². The van der Waals surface area contributed by atoms with E-state index in [9.17, 15) is 9.59 Å². The summed E-state index contributed by atoms with van der Waals surface area (Å²) >= 11 is 1.53. The van der Waals surface area contributed by atoms with Gasteiger partial charge in [0.25, 0.3) is 5.91 Å². The summed E-state index contributed by atoms with van der Waals surface area (Å²) in [7, 11) is 0. The molecule has 0 bridgehead atoms. The number of carboxylic acids is 1. The van der Waals surface area contributed by atoms with E-state index in [0.717, 1.165) is 4.88 Å². The lowest BCUT2D eigenvalue weighted by molar-refractivity contribution is -0.139. The van der Waals surface area contributed by atoms with Crippen molar-refractivity contribution in [3.05, 3.63) is 35.5 Å². The number of nitrogens with one attached hydrogen (secondary N) is 2. The third kappa shape index (κ3) is 3.12. The number of carbonyl (C=O) groups excluding carboxylic acids is 1. The van der Waals surface area contributed by atoms with E-state index in [1.54, 1.807) is 0 Å². The lowest BCUT2D eigenvalue weighted by Gasteiger charge is -2.11. The van der Waals surface area contributed by atoms with Crippen molar-refractivity contribution < 1.29 is 14.7 Å². The predicted molar refractivity (Wildman–Crippen MR) is 80.6 cm³/mol. The van der Waals surface area contributed by atoms with E-state index in [0.29, 0.717) is 24.4 Å². The molecular weight excluding hydrogens is 304 g/mol. The Hall–Kier alpha value is -2.32. The Labute approximate surface area is 130 Å². The highest BCUT2D eigenvalue weighted by molar-refractivity contribution is 7.13. The van der Waals surface area contributed by atoms with E-state index in [-0.39, 0.29) is 11.9 Å². The summed E-state index contributed by atoms with van der Waals surface area (Å²) in [6, 6.07) is 3.01. The fraction of sp³-hybridized carbons (Fsp3) is 0.286. The van der Waals surface area contributed by atoms with E-state index >= 15 is 0 Å². The Morgan fingerprint density at radius 1 is 1.36 bits per heavy atom. The number of nitrogens with zero attached hydrogens (tertiary/aromatic N) is 2. The molecule has 0 radical (unpaired) electrons. The normalized spacial score (nSPS) is 20.7. The smallest absolute Gasteiger partial charge is 0.320 e. The quantitative estimate of drug-likeness (QED) is 0.768. The molecule has 22 heavy (non-hydrogen) atoms. The molecule has 3 rings (SSSR count). The molecule has 114 valence electrons. The minimum absolute atomic E-state index is 0.203. The van der Waals surface area contributed by atoms with Gasteiger partial charge >= 0.3 is 5.97 Å². The van der Waals surface area contributed by atoms with Gasteiger partial charge in [-0.05, 0) is 17.9 Å². The highest BCUT2D eigenvalue weighted by Gasteiger charge is 2.30. The molecule has 2 atom stereocenters. The maximum atomic E-state index is 12.1. The summed E-state index contributed by atoms with van der Waals surface area (Å²) < 4.78 is 0. The van der Waals surface area contributed by atoms with E-state index in [4.69, 9.17) is 5.11 Å². The minimum Gasteiger partial charge on any atom is -0.480 e. The summed E-state index contributed by atoms with van der Waals surface area (Å²) in [5.41, 5.74) is 0.360. The summed E-state index contributed by atoms with van der Waals surface area (Å²) in [4.78, 5) is 32.3. The first-order valence-electron chi connectivity index (χ1n) is 6.76. The maximum Gasteiger partial charge on any atom is 0.320 e. The number of aliphatic carboxylic acids is 1. The van der Waals surface area contributed by atoms with Gasteiger partial charge in [-0.3, -0.25) is 9.59 Å². The van der Waals surface area contributed by atoms with Gasteiger partial charge in [0.15, 0.2) is 5.82 Å². The fourth-order valence-corrected chi connectivity index (χ4v) is 2.95. The number of aromatic nitrogens is 2. The number of hydrogen-bond acceptors (Lipinski definition) is 6. The molecule has 0 spiro atoms. The maximum absolute atomic E-state index is 12.1. The average Bonchev–Trinajstić information content (AvgIpc) is 3.19. The Bertz CT molecular complexity index is 672. The molecule has 0 aromatic carbocycles. The van der Waals surface area contributed by atoms with Gasteiger partial charge in [-0.2, -0.15) is 0 Å². The van der Waals surface area contributed by atoms with E-state index in [1.807, 2.05) is 17.5 Å². The number of hydrogen-bond donors (Lipinski definition) is 3. The van der Waals surface area contributed by atoms with Crippen LogP contribution in [0.15, 0.2) is 29.9 Å². The van der Waals surface area contributed by atoms with Crippen LogP contribution in [-0.2, 0) is 4.79 Å². The summed E-state index contributed by atoms with van der Waals surface area (Å²) in [6.45, 7) is 0.441. The molecule has 1 amide bonds. The molecule has 1 aliphatic rings. The molecule has 7 nitrogen and oxygen atoms in total. The molecule has 1 fully saturated rings. The lowest BCUT2D eigenvalue weighted by Crippen LogP contribution is -2.36. The highest BCUT2D eigenvalue weighted by Crippen LogP contribution is 2.20. The largest absolute Gasteiger partial charge is 0.480 e. The van der Waals surface area contributed by atoms with Crippen molar-refractivity contribution in [2.75, 3.05) is 6.54 Å². The van der Waals surface area contributed by atoms with Crippen LogP contribution in [0.4, 0.5) is 0 Å². The van der Waals surface area contributed by atoms with Gasteiger partial charge in [0.05, 0.1) is 10.4 Å². The average molecular weight is 318 g/mol. The molecule has 2 aromatic rings. The van der Waals surface area contributed by atoms with Gasteiger partial charge in [-0.1, -0.05) is 6.07 Å². The Morgan fingerprint density at radius 3 is 2.73 bits per heavy atom. The third-order valence-electron chi connectivity index (χ3n) is 3.42. The second-order valence-corrected chi connectivity index (χ2v) is 5.93. The topological polar surface area (TPSA) is 104 Å². The van der Waals surface area contributed by atoms with Gasteiger partial charge in [0.2, 0.25) is 0 Å². The number of amides is 1. The van der Waals surface area contributed by atoms with Crippen molar-refractivity contribution in [2.45, 2.75) is 18.5 Å². The Morgan fingerprint density at radius 2 is 2.14 bits per heavy atom. The van der Waals surface area contributed by atoms with Crippen LogP contribution in [0.1, 0.15) is 16.8 Å². The van der Waals surface area contributed by atoms with Crippen LogP contribution in [0.2, 0.25) is 0 Å². The lowest BCUT2D eigenvalue weighted by atomic mass is 10.1. The monoisotopic (exact) mass is 318 g/mol. The van der Waals surface area contributed by atoms with Crippen LogP contribution < -0.4 is 10.6 Å². The summed E-state index contributed by atoms with van der Waals surface area (Å²) in [5, 5.41) is 16.5. The number of rotatable bonds is 4. The van der Waals surface area contributed by atoms with Crippen molar-refractivity contribution >= 4 is 23.2 Å². The van der Waals surface area contributed by atoms with Crippen LogP contribution in [0.3, 0.4) is 0 Å². The standard InChI is InChI=1S/C14H14N4O3S/c19-13(18-9-4-10(14(20)21)15-7-9)8-5-16-12(17-6-8)11-2-1-3-22-11/h1-3,5-6,9-10,15H,4,7H2,(H,18,19)(H,20,21)/t9-,10-/m0/s1. The second-order valence-electron chi connectivity index (χ2n) is 4.98. The molecule has 1 saturated heterocycles. The molecule has 8 heteroatoms. The first kappa shape index (κ1) is 14.6. The number of carboxylic acid groups (broad SMARTS) is 1. The summed E-state index contributed by atoms with van der Waals surface area (Å²) in [6.07, 6.45) is 3.33. The zero-order valence-electron chi connectivity index (χ0n) is 11.5. The van der Waals surface area contributed by atoms with Crippen LogP contribution in [0.25, 0.3) is 10.7 Å². The molecule has 0 saturated carbocycles. The fourth-order valence-electron chi connectivity index (χ4n) is 2.28. The van der Waals surface area contributed by atoms with Gasteiger partial charge in [0, 0.05) is 25.0 Å². The van der Waals surface area contributed by atoms with Gasteiger partial charge in [0.1, 0.15) is 6.04 Å². The number of thiophene rings is 1. The second kappa shape index (κ2) is 6.20. The Kier molecular flexibility index (Phi) is 4.12. The van der Waals surface area contributed by atoms with Gasteiger partial charge < -0.3 is 15.7 Å².